The van der Waals surface area contributed by atoms with Gasteiger partial charge in [0.25, 0.3) is 0 Å². The first-order valence-electron chi connectivity index (χ1n) is 8.78. The van der Waals surface area contributed by atoms with Crippen LogP contribution in [0.2, 0.25) is 0 Å². The molecular weight excluding hydrogens is 415 g/mol. The molecule has 0 amide bonds. The van der Waals surface area contributed by atoms with Crippen LogP contribution in [0.1, 0.15) is 65.0 Å². The highest BCUT2D eigenvalue weighted by atomic mass is 127. The Morgan fingerprint density at radius 3 is 2.67 bits per heavy atom. The molecule has 2 rings (SSSR count). The number of oxazole rings is 1. The maximum Gasteiger partial charge on any atom is 0.213 e. The summed E-state index contributed by atoms with van der Waals surface area (Å²) in [5, 5.41) is 6.72. The Morgan fingerprint density at radius 1 is 1.33 bits per heavy atom. The summed E-state index contributed by atoms with van der Waals surface area (Å²) in [7, 11) is 1.80. The lowest BCUT2D eigenvalue weighted by atomic mass is 9.82. The van der Waals surface area contributed by atoms with Crippen molar-refractivity contribution in [3.8, 4) is 0 Å². The summed E-state index contributed by atoms with van der Waals surface area (Å²) < 4.78 is 5.80. The summed E-state index contributed by atoms with van der Waals surface area (Å²) >= 11 is 0. The van der Waals surface area contributed by atoms with Crippen molar-refractivity contribution in [2.75, 3.05) is 13.6 Å². The first kappa shape index (κ1) is 21.3. The van der Waals surface area contributed by atoms with Crippen LogP contribution in [-0.4, -0.2) is 24.5 Å². The predicted octanol–water partition coefficient (Wildman–Crippen LogP) is 4.08. The van der Waals surface area contributed by atoms with Crippen LogP contribution in [0.25, 0.3) is 0 Å². The second-order valence-electron chi connectivity index (χ2n) is 7.81. The van der Waals surface area contributed by atoms with Crippen molar-refractivity contribution in [2.24, 2.45) is 16.8 Å². The fourth-order valence-corrected chi connectivity index (χ4v) is 3.10. The molecule has 1 aliphatic carbocycles. The minimum absolute atomic E-state index is 0. The van der Waals surface area contributed by atoms with E-state index >= 15 is 0 Å². The molecule has 1 saturated carbocycles. The molecule has 2 N–H and O–H groups in total. The fraction of sp³-hybridized carbons (Fsp3) is 0.778. The Morgan fingerprint density at radius 2 is 2.08 bits per heavy atom. The van der Waals surface area contributed by atoms with Gasteiger partial charge in [0.05, 0.1) is 12.7 Å². The van der Waals surface area contributed by atoms with Gasteiger partial charge in [-0.1, -0.05) is 40.5 Å². The van der Waals surface area contributed by atoms with Crippen LogP contribution in [0.15, 0.2) is 15.6 Å². The Kier molecular flexibility index (Phi) is 8.53. The van der Waals surface area contributed by atoms with Gasteiger partial charge < -0.3 is 15.1 Å². The molecule has 2 unspecified atom stereocenters. The van der Waals surface area contributed by atoms with Crippen LogP contribution in [-0.2, 0) is 12.0 Å². The molecular formula is C18H33IN4O. The number of aromatic nitrogens is 1. The van der Waals surface area contributed by atoms with Crippen LogP contribution in [0.4, 0.5) is 0 Å². The molecule has 0 spiro atoms. The Hall–Kier alpha value is -0.790. The molecule has 0 aromatic carbocycles. The van der Waals surface area contributed by atoms with Crippen molar-refractivity contribution < 1.29 is 4.42 Å². The molecule has 0 aliphatic heterocycles. The zero-order valence-electron chi connectivity index (χ0n) is 15.7. The summed E-state index contributed by atoms with van der Waals surface area (Å²) in [5.74, 6) is 4.04. The maximum absolute atomic E-state index is 5.80. The minimum Gasteiger partial charge on any atom is -0.443 e. The zero-order chi connectivity index (χ0) is 16.9. The predicted molar refractivity (Wildman–Crippen MR) is 110 cm³/mol. The minimum atomic E-state index is -0.0111. The van der Waals surface area contributed by atoms with Gasteiger partial charge in [0.1, 0.15) is 5.76 Å². The smallest absolute Gasteiger partial charge is 0.213 e. The summed E-state index contributed by atoms with van der Waals surface area (Å²) in [4.78, 5) is 8.62. The normalized spacial score (nSPS) is 22.0. The van der Waals surface area contributed by atoms with Crippen LogP contribution >= 0.6 is 24.0 Å². The summed E-state index contributed by atoms with van der Waals surface area (Å²) in [6.07, 6.45) is 7.19. The molecule has 0 bridgehead atoms. The molecule has 1 heterocycles. The zero-order valence-corrected chi connectivity index (χ0v) is 18.0. The molecule has 1 fully saturated rings. The van der Waals surface area contributed by atoms with Gasteiger partial charge in [-0.05, 0) is 24.7 Å². The number of hydrogen-bond acceptors (Lipinski definition) is 3. The standard InChI is InChI=1S/C18H32N4O.HI/c1-13-7-6-8-14(9-13)10-21-17(19-5)22-12-16-20-11-15(23-16)18(2,3)4;/h11,13-14H,6-10,12H2,1-5H3,(H2,19,21,22);1H. The van der Waals surface area contributed by atoms with Gasteiger partial charge in [-0.25, -0.2) is 4.98 Å². The lowest BCUT2D eigenvalue weighted by Crippen LogP contribution is -2.40. The number of hydrogen-bond donors (Lipinski definition) is 2. The largest absolute Gasteiger partial charge is 0.443 e. The van der Waals surface area contributed by atoms with Gasteiger partial charge in [0, 0.05) is 19.0 Å². The summed E-state index contributed by atoms with van der Waals surface area (Å²) in [6, 6.07) is 0. The highest BCUT2D eigenvalue weighted by molar-refractivity contribution is 14.0. The van der Waals surface area contributed by atoms with Crippen molar-refractivity contribution in [3.05, 3.63) is 17.8 Å². The number of nitrogens with one attached hydrogen (secondary N) is 2. The molecule has 6 heteroatoms. The van der Waals surface area contributed by atoms with Crippen molar-refractivity contribution >= 4 is 29.9 Å². The lowest BCUT2D eigenvalue weighted by molar-refractivity contribution is 0.282. The Bertz CT molecular complexity index is 521. The second kappa shape index (κ2) is 9.63. The molecule has 24 heavy (non-hydrogen) atoms. The first-order chi connectivity index (χ1) is 10.9. The van der Waals surface area contributed by atoms with E-state index in [4.69, 9.17) is 4.42 Å². The monoisotopic (exact) mass is 448 g/mol. The van der Waals surface area contributed by atoms with Crippen LogP contribution < -0.4 is 10.6 Å². The van der Waals surface area contributed by atoms with Gasteiger partial charge >= 0.3 is 0 Å². The topological polar surface area (TPSA) is 62.5 Å². The van der Waals surface area contributed by atoms with Crippen LogP contribution in [0.3, 0.4) is 0 Å². The van der Waals surface area contributed by atoms with Crippen molar-refractivity contribution in [1.29, 1.82) is 0 Å². The molecule has 2 atom stereocenters. The van der Waals surface area contributed by atoms with E-state index in [1.165, 1.54) is 25.7 Å². The molecule has 1 aliphatic rings. The van der Waals surface area contributed by atoms with E-state index in [9.17, 15) is 0 Å². The number of nitrogens with zero attached hydrogens (tertiary/aromatic N) is 2. The summed E-state index contributed by atoms with van der Waals surface area (Å²) in [6.45, 7) is 10.3. The molecule has 1 aromatic rings. The quantitative estimate of drug-likeness (QED) is 0.414. The van der Waals surface area contributed by atoms with E-state index in [-0.39, 0.29) is 29.4 Å². The molecule has 0 radical (unpaired) electrons. The molecule has 5 nitrogen and oxygen atoms in total. The van der Waals surface area contributed by atoms with Gasteiger partial charge in [0.15, 0.2) is 5.96 Å². The van der Waals surface area contributed by atoms with E-state index in [1.54, 1.807) is 7.05 Å². The average molecular weight is 448 g/mol. The van der Waals surface area contributed by atoms with Gasteiger partial charge in [0.2, 0.25) is 5.89 Å². The highest BCUT2D eigenvalue weighted by Gasteiger charge is 2.20. The van der Waals surface area contributed by atoms with E-state index < -0.39 is 0 Å². The number of rotatable bonds is 4. The van der Waals surface area contributed by atoms with Gasteiger partial charge in [-0.15, -0.1) is 24.0 Å². The SMILES string of the molecule is CN=C(NCc1ncc(C(C)(C)C)o1)NCC1CCCC(C)C1.I. The Labute approximate surface area is 163 Å². The highest BCUT2D eigenvalue weighted by Crippen LogP contribution is 2.27. The van der Waals surface area contributed by atoms with E-state index in [0.29, 0.717) is 12.4 Å². The number of guanidine groups is 1. The molecule has 1 aromatic heterocycles. The summed E-state index contributed by atoms with van der Waals surface area (Å²) in [5.41, 5.74) is -0.0111. The number of aliphatic imine (C=N–C) groups is 1. The van der Waals surface area contributed by atoms with Crippen LogP contribution in [0, 0.1) is 11.8 Å². The first-order valence-corrected chi connectivity index (χ1v) is 8.78. The van der Waals surface area contributed by atoms with E-state index in [1.807, 2.05) is 6.20 Å². The average Bonchev–Trinajstić information content (AvgIpc) is 2.96. The molecule has 138 valence electrons. The van der Waals surface area contributed by atoms with Crippen molar-refractivity contribution in [2.45, 2.75) is 65.3 Å². The number of halogens is 1. The van der Waals surface area contributed by atoms with Gasteiger partial charge in [-0.2, -0.15) is 0 Å². The van der Waals surface area contributed by atoms with E-state index in [0.717, 1.165) is 30.1 Å². The van der Waals surface area contributed by atoms with Gasteiger partial charge in [-0.3, -0.25) is 4.99 Å². The fourth-order valence-electron chi connectivity index (χ4n) is 3.10. The third-order valence-electron chi connectivity index (χ3n) is 4.53. The third-order valence-corrected chi connectivity index (χ3v) is 4.53. The van der Waals surface area contributed by atoms with Crippen LogP contribution in [0.5, 0.6) is 0 Å². The van der Waals surface area contributed by atoms with Crippen molar-refractivity contribution in [3.63, 3.8) is 0 Å². The third kappa shape index (κ3) is 6.61. The second-order valence-corrected chi connectivity index (χ2v) is 7.81. The Balaban J connectivity index is 0.00000288. The molecule has 0 saturated heterocycles. The van der Waals surface area contributed by atoms with Crippen molar-refractivity contribution in [1.82, 2.24) is 15.6 Å². The lowest BCUT2D eigenvalue weighted by Gasteiger charge is -2.27. The van der Waals surface area contributed by atoms with E-state index in [2.05, 4.69) is 48.3 Å². The maximum atomic E-state index is 5.80.